The van der Waals surface area contributed by atoms with Crippen molar-refractivity contribution in [3.05, 3.63) is 71.4 Å². The Morgan fingerprint density at radius 1 is 0.970 bits per heavy atom. The van der Waals surface area contributed by atoms with Gasteiger partial charge in [-0.3, -0.25) is 14.5 Å². The number of imide groups is 1. The van der Waals surface area contributed by atoms with E-state index in [4.69, 9.17) is 5.11 Å². The Kier molecular flexibility index (Phi) is 5.62. The number of carbonyl (C=O) groups is 3. The summed E-state index contributed by atoms with van der Waals surface area (Å²) in [7, 11) is 0. The number of aromatic nitrogens is 1. The molecule has 1 aromatic heterocycles. The predicted octanol–water partition coefficient (Wildman–Crippen LogP) is 3.83. The third kappa shape index (κ3) is 3.88. The lowest BCUT2D eigenvalue weighted by Gasteiger charge is -2.28. The van der Waals surface area contributed by atoms with Crippen LogP contribution in [0.4, 0.5) is 4.79 Å². The number of nitrogens with zero attached hydrogens (tertiary/aromatic N) is 3. The molecule has 5 rings (SSSR count). The van der Waals surface area contributed by atoms with Gasteiger partial charge in [0.05, 0.1) is 6.54 Å². The first kappa shape index (κ1) is 21.2. The van der Waals surface area contributed by atoms with Gasteiger partial charge in [-0.25, -0.2) is 4.79 Å². The molecule has 0 bridgehead atoms. The van der Waals surface area contributed by atoms with Gasteiger partial charge in [-0.15, -0.1) is 0 Å². The minimum atomic E-state index is -0.921. The van der Waals surface area contributed by atoms with Gasteiger partial charge in [0.25, 0.3) is 5.91 Å². The van der Waals surface area contributed by atoms with Crippen LogP contribution in [0.1, 0.15) is 36.1 Å². The maximum absolute atomic E-state index is 13.0. The van der Waals surface area contributed by atoms with E-state index in [1.807, 2.05) is 18.2 Å². The minimum absolute atomic E-state index is 0.0565. The number of aryl methyl sites for hydroxylation is 2. The van der Waals surface area contributed by atoms with Gasteiger partial charge in [0.15, 0.2) is 0 Å². The molecule has 1 fully saturated rings. The highest BCUT2D eigenvalue weighted by atomic mass is 16.4. The molecule has 3 aromatic rings. The molecule has 1 atom stereocenters. The van der Waals surface area contributed by atoms with Gasteiger partial charge < -0.3 is 14.6 Å². The Balaban J connectivity index is 1.39. The summed E-state index contributed by atoms with van der Waals surface area (Å²) in [4.78, 5) is 39.8. The van der Waals surface area contributed by atoms with Crippen molar-refractivity contribution in [2.45, 2.75) is 51.2 Å². The first-order valence-corrected chi connectivity index (χ1v) is 11.5. The van der Waals surface area contributed by atoms with Crippen molar-refractivity contribution >= 4 is 28.8 Å². The fourth-order valence-electron chi connectivity index (χ4n) is 5.20. The van der Waals surface area contributed by atoms with Crippen LogP contribution in [0.2, 0.25) is 0 Å². The molecule has 0 radical (unpaired) electrons. The van der Waals surface area contributed by atoms with Crippen LogP contribution in [0.3, 0.4) is 0 Å². The average Bonchev–Trinajstić information content (AvgIpc) is 3.25. The van der Waals surface area contributed by atoms with E-state index in [1.165, 1.54) is 10.5 Å². The number of carboxylic acids is 1. The number of carboxylic acid groups (broad SMARTS) is 1. The zero-order valence-electron chi connectivity index (χ0n) is 18.4. The molecule has 0 aliphatic carbocycles. The first-order valence-electron chi connectivity index (χ1n) is 11.5. The molecule has 1 unspecified atom stereocenters. The number of fused-ring (bicyclic) bond motifs is 4. The monoisotopic (exact) mass is 445 g/mol. The molecular weight excluding hydrogens is 418 g/mol. The molecule has 2 aliphatic rings. The highest BCUT2D eigenvalue weighted by Gasteiger charge is 2.48. The number of aliphatic carboxylic acids is 1. The van der Waals surface area contributed by atoms with Crippen LogP contribution in [-0.4, -0.2) is 50.0 Å². The van der Waals surface area contributed by atoms with Crippen LogP contribution in [0.5, 0.6) is 0 Å². The Hall–Kier alpha value is -3.61. The molecule has 33 heavy (non-hydrogen) atoms. The number of rotatable bonds is 8. The molecule has 3 heterocycles. The van der Waals surface area contributed by atoms with Crippen molar-refractivity contribution in [3.63, 3.8) is 0 Å². The first-order chi connectivity index (χ1) is 16.0. The third-order valence-electron chi connectivity index (χ3n) is 6.78. The Labute approximate surface area is 192 Å². The number of benzene rings is 2. The van der Waals surface area contributed by atoms with E-state index in [0.29, 0.717) is 13.0 Å². The van der Waals surface area contributed by atoms with Gasteiger partial charge in [0.2, 0.25) is 0 Å². The van der Waals surface area contributed by atoms with Crippen LogP contribution >= 0.6 is 0 Å². The zero-order chi connectivity index (χ0) is 22.9. The summed E-state index contributed by atoms with van der Waals surface area (Å²) < 4.78 is 2.31. The van der Waals surface area contributed by atoms with Gasteiger partial charge >= 0.3 is 12.0 Å². The van der Waals surface area contributed by atoms with Crippen molar-refractivity contribution < 1.29 is 19.5 Å². The number of hydrogen-bond acceptors (Lipinski definition) is 3. The third-order valence-corrected chi connectivity index (χ3v) is 6.78. The predicted molar refractivity (Wildman–Crippen MR) is 124 cm³/mol. The minimum Gasteiger partial charge on any atom is -0.481 e. The largest absolute Gasteiger partial charge is 0.481 e. The molecule has 3 amide bonds. The molecule has 170 valence electrons. The SMILES string of the molecule is O=C(O)CCCN1C(=O)C2Cc3c(n(CCCc4ccccc4)c4ccccc34)CN2C1=O. The van der Waals surface area contributed by atoms with Crippen molar-refractivity contribution in [3.8, 4) is 0 Å². The summed E-state index contributed by atoms with van der Waals surface area (Å²) in [6.45, 7) is 1.40. The Bertz CT molecular complexity index is 1220. The maximum Gasteiger partial charge on any atom is 0.327 e. The second kappa shape index (κ2) is 8.73. The lowest BCUT2D eigenvalue weighted by atomic mass is 9.97. The summed E-state index contributed by atoms with van der Waals surface area (Å²) in [5.74, 6) is -1.13. The van der Waals surface area contributed by atoms with Crippen molar-refractivity contribution in [1.82, 2.24) is 14.4 Å². The number of hydrogen-bond donors (Lipinski definition) is 1. The summed E-state index contributed by atoms with van der Waals surface area (Å²) >= 11 is 0. The van der Waals surface area contributed by atoms with E-state index in [0.717, 1.165) is 41.5 Å². The molecule has 1 N–H and O–H groups in total. The number of carbonyl (C=O) groups excluding carboxylic acids is 2. The van der Waals surface area contributed by atoms with Crippen LogP contribution < -0.4 is 0 Å². The van der Waals surface area contributed by atoms with E-state index < -0.39 is 12.0 Å². The second-order valence-corrected chi connectivity index (χ2v) is 8.80. The van der Waals surface area contributed by atoms with Crippen LogP contribution in [0.15, 0.2) is 54.6 Å². The summed E-state index contributed by atoms with van der Waals surface area (Å²) in [6, 6.07) is 17.9. The Morgan fingerprint density at radius 2 is 1.73 bits per heavy atom. The molecule has 0 spiro atoms. The molecule has 7 nitrogen and oxygen atoms in total. The summed E-state index contributed by atoms with van der Waals surface area (Å²) in [6.07, 6.45) is 2.67. The molecule has 0 saturated carbocycles. The molecular formula is C26H27N3O4. The fourth-order valence-corrected chi connectivity index (χ4v) is 5.20. The highest BCUT2D eigenvalue weighted by molar-refractivity contribution is 6.05. The summed E-state index contributed by atoms with van der Waals surface area (Å²) in [5, 5.41) is 10.0. The lowest BCUT2D eigenvalue weighted by molar-refractivity contribution is -0.137. The normalized spacial score (nSPS) is 17.5. The van der Waals surface area contributed by atoms with Gasteiger partial charge in [-0.1, -0.05) is 48.5 Å². The smallest absolute Gasteiger partial charge is 0.327 e. The number of urea groups is 1. The second-order valence-electron chi connectivity index (χ2n) is 8.80. The topological polar surface area (TPSA) is 82.8 Å². The number of amides is 3. The van der Waals surface area contributed by atoms with Crippen molar-refractivity contribution in [2.75, 3.05) is 6.54 Å². The zero-order valence-corrected chi connectivity index (χ0v) is 18.4. The summed E-state index contributed by atoms with van der Waals surface area (Å²) in [5.41, 5.74) is 4.71. The lowest BCUT2D eigenvalue weighted by Crippen LogP contribution is -2.40. The van der Waals surface area contributed by atoms with Crippen molar-refractivity contribution in [1.29, 1.82) is 0 Å². The van der Waals surface area contributed by atoms with Gasteiger partial charge in [-0.05, 0) is 36.5 Å². The molecule has 1 saturated heterocycles. The standard InChI is InChI=1S/C26H27N3O4/c30-24(31)13-7-15-28-25(32)22-16-20-19-11-4-5-12-21(19)27(23(20)17-29(22)26(28)33)14-6-10-18-8-2-1-3-9-18/h1-5,8-9,11-12,22H,6-7,10,13-17H2,(H,30,31). The molecule has 2 aromatic carbocycles. The van der Waals surface area contributed by atoms with E-state index in [2.05, 4.69) is 41.0 Å². The van der Waals surface area contributed by atoms with E-state index in [1.54, 1.807) is 4.90 Å². The van der Waals surface area contributed by atoms with E-state index in [-0.39, 0.29) is 31.3 Å². The van der Waals surface area contributed by atoms with Gasteiger partial charge in [0, 0.05) is 42.5 Å². The maximum atomic E-state index is 13.0. The molecule has 2 aliphatic heterocycles. The van der Waals surface area contributed by atoms with E-state index in [9.17, 15) is 14.4 Å². The highest BCUT2D eigenvalue weighted by Crippen LogP contribution is 2.36. The van der Waals surface area contributed by atoms with Gasteiger partial charge in [-0.2, -0.15) is 0 Å². The quantitative estimate of drug-likeness (QED) is 0.534. The van der Waals surface area contributed by atoms with Crippen LogP contribution in [0.25, 0.3) is 10.9 Å². The van der Waals surface area contributed by atoms with E-state index >= 15 is 0 Å². The van der Waals surface area contributed by atoms with Gasteiger partial charge in [0.1, 0.15) is 6.04 Å². The fraction of sp³-hybridized carbons (Fsp3) is 0.346. The van der Waals surface area contributed by atoms with Crippen LogP contribution in [0, 0.1) is 0 Å². The van der Waals surface area contributed by atoms with Crippen molar-refractivity contribution in [2.24, 2.45) is 0 Å². The molecule has 7 heteroatoms. The van der Waals surface area contributed by atoms with Crippen LogP contribution in [-0.2, 0) is 35.5 Å². The number of para-hydroxylation sites is 1. The Morgan fingerprint density at radius 3 is 2.52 bits per heavy atom. The average molecular weight is 446 g/mol.